The van der Waals surface area contributed by atoms with Gasteiger partial charge in [-0.15, -0.1) is 0 Å². The average Bonchev–Trinajstić information content (AvgIpc) is 3.01. The summed E-state index contributed by atoms with van der Waals surface area (Å²) < 4.78 is 147. The van der Waals surface area contributed by atoms with Crippen LogP contribution in [0.15, 0.2) is 7.16 Å². The first kappa shape index (κ1) is 38.9. The average molecular weight is 862 g/mol. The van der Waals surface area contributed by atoms with Gasteiger partial charge in [-0.3, -0.25) is 0 Å². The van der Waals surface area contributed by atoms with E-state index in [0.29, 0.717) is 25.7 Å². The van der Waals surface area contributed by atoms with Crippen LogP contribution in [0.4, 0.5) is 43.9 Å². The number of unbranched alkanes of at least 4 members (excludes halogenated alkanes) is 10. The number of benzene rings is 2. The number of allylic oxidation sites excluding steroid dienone is 4. The van der Waals surface area contributed by atoms with E-state index in [1.807, 2.05) is 13.8 Å². The summed E-state index contributed by atoms with van der Waals surface area (Å²) in [5, 5.41) is 0. The van der Waals surface area contributed by atoms with E-state index in [-0.39, 0.29) is 20.0 Å². The monoisotopic (exact) mass is 862 g/mol. The van der Waals surface area contributed by atoms with Gasteiger partial charge in [-0.2, -0.15) is 0 Å². The van der Waals surface area contributed by atoms with Crippen molar-refractivity contribution in [3.05, 3.63) is 76.5 Å². The maximum Gasteiger partial charge on any atom is 0.200 e. The molecular formula is C32H34F10I2. The Morgan fingerprint density at radius 2 is 0.591 bits per heavy atom. The molecule has 0 aromatic heterocycles. The minimum absolute atomic E-state index is 0.0126. The summed E-state index contributed by atoms with van der Waals surface area (Å²) in [7, 11) is 0. The summed E-state index contributed by atoms with van der Waals surface area (Å²) in [5.74, 6) is -23.2. The molecule has 0 aliphatic rings. The van der Waals surface area contributed by atoms with Crippen LogP contribution in [-0.2, 0) is 0 Å². The Balaban J connectivity index is 2.91. The summed E-state index contributed by atoms with van der Waals surface area (Å²) in [6, 6.07) is 0. The van der Waals surface area contributed by atoms with Crippen LogP contribution in [0.3, 0.4) is 0 Å². The summed E-state index contributed by atoms with van der Waals surface area (Å²) >= 11 is 3.18. The number of halogens is 12. The molecule has 246 valence electrons. The van der Waals surface area contributed by atoms with E-state index in [1.54, 1.807) is 45.2 Å². The predicted molar refractivity (Wildman–Crippen MR) is 170 cm³/mol. The SMILES string of the molecule is CCCCCCCC/C(I)=C(/C(=C(\I)CCCCCCCC)c1c(F)c(F)c(F)c(F)c1F)c1c(F)c(F)c(F)c(F)c1F. The molecule has 0 heterocycles. The molecule has 2 rings (SSSR count). The summed E-state index contributed by atoms with van der Waals surface area (Å²) in [6.45, 7) is 4.03. The van der Waals surface area contributed by atoms with Crippen LogP contribution >= 0.6 is 45.2 Å². The highest BCUT2D eigenvalue weighted by Crippen LogP contribution is 2.47. The fourth-order valence-corrected chi connectivity index (χ4v) is 6.65. The third-order valence-corrected chi connectivity index (χ3v) is 9.37. The molecule has 0 amide bonds. The van der Waals surface area contributed by atoms with E-state index in [4.69, 9.17) is 0 Å². The molecule has 0 saturated heterocycles. The Morgan fingerprint density at radius 1 is 0.364 bits per heavy atom. The lowest BCUT2D eigenvalue weighted by atomic mass is 9.88. The van der Waals surface area contributed by atoms with Gasteiger partial charge < -0.3 is 0 Å². The Morgan fingerprint density at radius 3 is 0.864 bits per heavy atom. The molecule has 0 aliphatic heterocycles. The molecule has 44 heavy (non-hydrogen) atoms. The normalized spacial score (nSPS) is 13.0. The molecule has 2 aromatic rings. The van der Waals surface area contributed by atoms with Gasteiger partial charge >= 0.3 is 0 Å². The molecule has 0 N–H and O–H groups in total. The highest BCUT2D eigenvalue weighted by Gasteiger charge is 2.36. The molecule has 0 fully saturated rings. The van der Waals surface area contributed by atoms with Gasteiger partial charge in [-0.05, 0) is 78.0 Å². The molecule has 0 spiro atoms. The Labute approximate surface area is 279 Å². The minimum Gasteiger partial charge on any atom is -0.203 e. The molecule has 2 aromatic carbocycles. The standard InChI is InChI=1S/C32H34F10I2/c1-3-5-7-9-11-13-15-17(43)19(21-23(33)27(37)31(41)28(38)24(21)34)20(18(44)16-14-12-10-8-6-4-2)22-25(35)29(39)32(42)30(40)26(22)36/h3-16H2,1-2H3/b19-17+,20-18+. The maximum atomic E-state index is 15.3. The van der Waals surface area contributed by atoms with Crippen LogP contribution in [0, 0.1) is 58.2 Å². The van der Waals surface area contributed by atoms with E-state index in [9.17, 15) is 26.3 Å². The Bertz CT molecular complexity index is 1210. The fourth-order valence-electron chi connectivity index (χ4n) is 4.81. The van der Waals surface area contributed by atoms with Crippen molar-refractivity contribution in [1.82, 2.24) is 0 Å². The summed E-state index contributed by atoms with van der Waals surface area (Å²) in [4.78, 5) is 0. The Kier molecular flexibility index (Phi) is 16.5. The van der Waals surface area contributed by atoms with Gasteiger partial charge in [0.2, 0.25) is 11.6 Å². The van der Waals surface area contributed by atoms with Crippen molar-refractivity contribution in [2.75, 3.05) is 0 Å². The maximum absolute atomic E-state index is 15.3. The summed E-state index contributed by atoms with van der Waals surface area (Å²) in [6.07, 6.45) is 9.18. The van der Waals surface area contributed by atoms with Gasteiger partial charge in [-0.25, -0.2) is 43.9 Å². The minimum atomic E-state index is -2.45. The highest BCUT2D eigenvalue weighted by molar-refractivity contribution is 14.1. The number of hydrogen-bond acceptors (Lipinski definition) is 0. The lowest BCUT2D eigenvalue weighted by Gasteiger charge is -2.22. The second-order valence-electron chi connectivity index (χ2n) is 10.5. The topological polar surface area (TPSA) is 0 Å². The molecule has 0 nitrogen and oxygen atoms in total. The van der Waals surface area contributed by atoms with Crippen LogP contribution in [0.1, 0.15) is 115 Å². The number of hydrogen-bond donors (Lipinski definition) is 0. The van der Waals surface area contributed by atoms with Crippen LogP contribution in [0.2, 0.25) is 0 Å². The zero-order valence-corrected chi connectivity index (χ0v) is 28.8. The third kappa shape index (κ3) is 9.37. The van der Waals surface area contributed by atoms with Gasteiger partial charge in [0, 0.05) is 11.1 Å². The zero-order valence-electron chi connectivity index (χ0n) is 24.4. The largest absolute Gasteiger partial charge is 0.203 e. The van der Waals surface area contributed by atoms with E-state index >= 15 is 17.6 Å². The lowest BCUT2D eigenvalue weighted by Crippen LogP contribution is -2.12. The molecule has 0 atom stereocenters. The van der Waals surface area contributed by atoms with Crippen molar-refractivity contribution in [1.29, 1.82) is 0 Å². The lowest BCUT2D eigenvalue weighted by molar-refractivity contribution is 0.375. The molecule has 0 radical (unpaired) electrons. The van der Waals surface area contributed by atoms with Crippen LogP contribution in [-0.4, -0.2) is 0 Å². The molecule has 0 unspecified atom stereocenters. The highest BCUT2D eigenvalue weighted by atomic mass is 127. The van der Waals surface area contributed by atoms with Gasteiger partial charge in [0.15, 0.2) is 46.5 Å². The van der Waals surface area contributed by atoms with E-state index < -0.39 is 80.4 Å². The third-order valence-electron chi connectivity index (χ3n) is 7.21. The van der Waals surface area contributed by atoms with Crippen molar-refractivity contribution in [3.63, 3.8) is 0 Å². The predicted octanol–water partition coefficient (Wildman–Crippen LogP) is 13.6. The van der Waals surface area contributed by atoms with Crippen LogP contribution in [0.5, 0.6) is 0 Å². The van der Waals surface area contributed by atoms with Gasteiger partial charge in [0.25, 0.3) is 0 Å². The van der Waals surface area contributed by atoms with E-state index in [0.717, 1.165) is 51.4 Å². The number of rotatable bonds is 17. The first-order valence-electron chi connectivity index (χ1n) is 14.6. The summed E-state index contributed by atoms with van der Waals surface area (Å²) in [5.41, 5.74) is -4.59. The first-order chi connectivity index (χ1) is 20.8. The molecule has 0 aliphatic carbocycles. The molecule has 0 saturated carbocycles. The van der Waals surface area contributed by atoms with Crippen molar-refractivity contribution in [3.8, 4) is 0 Å². The van der Waals surface area contributed by atoms with E-state index in [2.05, 4.69) is 0 Å². The zero-order chi connectivity index (χ0) is 33.1. The van der Waals surface area contributed by atoms with E-state index in [1.165, 1.54) is 0 Å². The second-order valence-corrected chi connectivity index (χ2v) is 13.1. The second kappa shape index (κ2) is 18.7. The van der Waals surface area contributed by atoms with Gasteiger partial charge in [-0.1, -0.05) is 78.1 Å². The van der Waals surface area contributed by atoms with Crippen molar-refractivity contribution >= 4 is 56.3 Å². The molecule has 12 heteroatoms. The van der Waals surface area contributed by atoms with Crippen LogP contribution in [0.25, 0.3) is 11.1 Å². The Hall–Kier alpha value is -1.32. The van der Waals surface area contributed by atoms with Crippen molar-refractivity contribution < 1.29 is 43.9 Å². The quantitative estimate of drug-likeness (QED) is 0.0371. The van der Waals surface area contributed by atoms with Crippen molar-refractivity contribution in [2.45, 2.75) is 104 Å². The fraction of sp³-hybridized carbons (Fsp3) is 0.500. The van der Waals surface area contributed by atoms with Crippen molar-refractivity contribution in [2.24, 2.45) is 0 Å². The van der Waals surface area contributed by atoms with Gasteiger partial charge in [0.05, 0.1) is 11.1 Å². The smallest absolute Gasteiger partial charge is 0.200 e. The molecular weight excluding hydrogens is 828 g/mol. The van der Waals surface area contributed by atoms with Crippen LogP contribution < -0.4 is 0 Å². The van der Waals surface area contributed by atoms with Gasteiger partial charge in [0.1, 0.15) is 0 Å². The first-order valence-corrected chi connectivity index (χ1v) is 16.8. The molecule has 0 bridgehead atoms.